The molecule has 1 aliphatic heterocycles. The van der Waals surface area contributed by atoms with Crippen LogP contribution in [0.3, 0.4) is 0 Å². The van der Waals surface area contributed by atoms with E-state index in [9.17, 15) is 4.39 Å². The van der Waals surface area contributed by atoms with Gasteiger partial charge in [-0.15, -0.1) is 0 Å². The van der Waals surface area contributed by atoms with Crippen LogP contribution in [0, 0.1) is 9.39 Å². The summed E-state index contributed by atoms with van der Waals surface area (Å²) in [5.74, 6) is -0.154. The molecule has 1 aromatic rings. The lowest BCUT2D eigenvalue weighted by atomic mass is 9.92. The highest BCUT2D eigenvalue weighted by molar-refractivity contribution is 14.1. The number of hydrogen-bond donors (Lipinski definition) is 1. The minimum Gasteiger partial charge on any atom is -0.369 e. The second-order valence-corrected chi connectivity index (χ2v) is 6.45. The lowest BCUT2D eigenvalue weighted by Crippen LogP contribution is -2.50. The molecule has 0 aliphatic carbocycles. The Morgan fingerprint density at radius 1 is 1.37 bits per heavy atom. The molecule has 1 aromatic carbocycles. The molecule has 19 heavy (non-hydrogen) atoms. The Hall–Kier alpha value is -0.360. The van der Waals surface area contributed by atoms with Gasteiger partial charge in [0, 0.05) is 22.2 Å². The van der Waals surface area contributed by atoms with Crippen LogP contribution in [0.4, 0.5) is 10.1 Å². The number of benzene rings is 1. The van der Waals surface area contributed by atoms with E-state index >= 15 is 0 Å². The molecule has 1 fully saturated rings. The summed E-state index contributed by atoms with van der Waals surface area (Å²) in [4.78, 5) is 2.41. The van der Waals surface area contributed by atoms with E-state index in [-0.39, 0.29) is 11.4 Å². The standard InChI is InChI=1S/C15H22FIN2/c1-3-15(4-2)11-19(9-5-8-18-15)14-7-6-12(16)10-13(14)17/h6-7,10,18H,3-5,8-9,11H2,1-2H3. The highest BCUT2D eigenvalue weighted by Crippen LogP contribution is 2.28. The molecule has 1 heterocycles. The largest absolute Gasteiger partial charge is 0.369 e. The molecule has 0 spiro atoms. The number of nitrogens with one attached hydrogen (secondary N) is 1. The van der Waals surface area contributed by atoms with Crippen molar-refractivity contribution < 1.29 is 4.39 Å². The van der Waals surface area contributed by atoms with E-state index in [0.29, 0.717) is 0 Å². The fraction of sp³-hybridized carbons (Fsp3) is 0.600. The van der Waals surface area contributed by atoms with Crippen LogP contribution in [0.5, 0.6) is 0 Å². The van der Waals surface area contributed by atoms with Gasteiger partial charge in [0.2, 0.25) is 0 Å². The number of halogens is 2. The van der Waals surface area contributed by atoms with Gasteiger partial charge in [0.25, 0.3) is 0 Å². The normalized spacial score (nSPS) is 19.3. The SMILES string of the molecule is CCC1(CC)CN(c2ccc(F)cc2I)CCCN1. The second kappa shape index (κ2) is 6.39. The summed E-state index contributed by atoms with van der Waals surface area (Å²) in [6.07, 6.45) is 3.38. The van der Waals surface area contributed by atoms with Crippen LogP contribution >= 0.6 is 22.6 Å². The molecule has 0 aromatic heterocycles. The molecule has 0 atom stereocenters. The predicted molar refractivity (Wildman–Crippen MR) is 87.3 cm³/mol. The van der Waals surface area contributed by atoms with Crippen LogP contribution in [0.15, 0.2) is 18.2 Å². The summed E-state index contributed by atoms with van der Waals surface area (Å²) in [7, 11) is 0. The maximum Gasteiger partial charge on any atom is 0.124 e. The predicted octanol–water partition coefficient (Wildman–Crippen LogP) is 3.79. The Bertz CT molecular complexity index is 432. The summed E-state index contributed by atoms with van der Waals surface area (Å²) >= 11 is 2.23. The number of hydrogen-bond acceptors (Lipinski definition) is 2. The summed E-state index contributed by atoms with van der Waals surface area (Å²) in [5, 5.41) is 3.71. The topological polar surface area (TPSA) is 15.3 Å². The van der Waals surface area contributed by atoms with E-state index in [1.165, 1.54) is 0 Å². The molecule has 0 unspecified atom stereocenters. The lowest BCUT2D eigenvalue weighted by Gasteiger charge is -2.36. The Kier molecular flexibility index (Phi) is 5.06. The number of nitrogens with zero attached hydrogens (tertiary/aromatic N) is 1. The third-order valence-corrected chi connectivity index (χ3v) is 5.07. The highest BCUT2D eigenvalue weighted by atomic mass is 127. The third-order valence-electron chi connectivity index (χ3n) is 4.20. The summed E-state index contributed by atoms with van der Waals surface area (Å²) in [5.41, 5.74) is 1.35. The molecule has 2 rings (SSSR count). The van der Waals surface area contributed by atoms with E-state index in [1.807, 2.05) is 6.07 Å². The summed E-state index contributed by atoms with van der Waals surface area (Å²) in [6.45, 7) is 7.60. The van der Waals surface area contributed by atoms with Crippen molar-refractivity contribution in [2.75, 3.05) is 24.5 Å². The van der Waals surface area contributed by atoms with Crippen molar-refractivity contribution in [2.45, 2.75) is 38.6 Å². The Morgan fingerprint density at radius 2 is 2.11 bits per heavy atom. The Balaban J connectivity index is 2.27. The van der Waals surface area contributed by atoms with E-state index in [0.717, 1.165) is 48.2 Å². The molecule has 1 saturated heterocycles. The number of rotatable bonds is 3. The molecule has 0 radical (unpaired) electrons. The molecule has 2 nitrogen and oxygen atoms in total. The van der Waals surface area contributed by atoms with Crippen LogP contribution in [-0.4, -0.2) is 25.2 Å². The van der Waals surface area contributed by atoms with Gasteiger partial charge in [0.15, 0.2) is 0 Å². The minimum atomic E-state index is -0.154. The fourth-order valence-electron chi connectivity index (χ4n) is 2.79. The van der Waals surface area contributed by atoms with Gasteiger partial charge >= 0.3 is 0 Å². The molecule has 1 aliphatic rings. The van der Waals surface area contributed by atoms with Crippen LogP contribution in [0.25, 0.3) is 0 Å². The quantitative estimate of drug-likeness (QED) is 0.808. The van der Waals surface area contributed by atoms with E-state index in [1.54, 1.807) is 12.1 Å². The molecular weight excluding hydrogens is 354 g/mol. The second-order valence-electron chi connectivity index (χ2n) is 5.29. The maximum absolute atomic E-state index is 13.2. The smallest absolute Gasteiger partial charge is 0.124 e. The average molecular weight is 376 g/mol. The first-order valence-corrected chi connectivity index (χ1v) is 8.13. The van der Waals surface area contributed by atoms with Crippen LogP contribution in [-0.2, 0) is 0 Å². The highest BCUT2D eigenvalue weighted by Gasteiger charge is 2.30. The van der Waals surface area contributed by atoms with Crippen molar-refractivity contribution >= 4 is 28.3 Å². The zero-order chi connectivity index (χ0) is 13.9. The van der Waals surface area contributed by atoms with Crippen LogP contribution < -0.4 is 10.2 Å². The molecule has 4 heteroatoms. The summed E-state index contributed by atoms with van der Waals surface area (Å²) in [6, 6.07) is 5.10. The van der Waals surface area contributed by atoms with Crippen molar-refractivity contribution in [2.24, 2.45) is 0 Å². The average Bonchev–Trinajstić information content (AvgIpc) is 2.62. The van der Waals surface area contributed by atoms with Crippen LogP contribution in [0.2, 0.25) is 0 Å². The first-order chi connectivity index (χ1) is 9.10. The Morgan fingerprint density at radius 3 is 2.74 bits per heavy atom. The zero-order valence-electron chi connectivity index (χ0n) is 11.7. The molecule has 0 amide bonds. The molecule has 0 bridgehead atoms. The van der Waals surface area contributed by atoms with E-state index < -0.39 is 0 Å². The monoisotopic (exact) mass is 376 g/mol. The van der Waals surface area contributed by atoms with Crippen molar-refractivity contribution in [3.63, 3.8) is 0 Å². The van der Waals surface area contributed by atoms with Crippen LogP contribution in [0.1, 0.15) is 33.1 Å². The molecule has 1 N–H and O–H groups in total. The van der Waals surface area contributed by atoms with E-state index in [4.69, 9.17) is 0 Å². The minimum absolute atomic E-state index is 0.154. The Labute approximate surface area is 128 Å². The van der Waals surface area contributed by atoms with Gasteiger partial charge in [-0.2, -0.15) is 0 Å². The van der Waals surface area contributed by atoms with Gasteiger partial charge in [-0.3, -0.25) is 0 Å². The third kappa shape index (κ3) is 3.40. The maximum atomic E-state index is 13.2. The first kappa shape index (κ1) is 15.0. The van der Waals surface area contributed by atoms with Gasteiger partial charge in [-0.05, 0) is 66.6 Å². The molecule has 106 valence electrons. The van der Waals surface area contributed by atoms with Crippen molar-refractivity contribution in [1.29, 1.82) is 0 Å². The van der Waals surface area contributed by atoms with Crippen molar-refractivity contribution in [3.05, 3.63) is 27.6 Å². The van der Waals surface area contributed by atoms with Gasteiger partial charge in [0.1, 0.15) is 5.82 Å². The van der Waals surface area contributed by atoms with Gasteiger partial charge in [-0.1, -0.05) is 13.8 Å². The van der Waals surface area contributed by atoms with Crippen molar-refractivity contribution in [3.8, 4) is 0 Å². The zero-order valence-corrected chi connectivity index (χ0v) is 13.8. The van der Waals surface area contributed by atoms with Gasteiger partial charge in [0.05, 0.1) is 5.69 Å². The number of anilines is 1. The lowest BCUT2D eigenvalue weighted by molar-refractivity contribution is 0.321. The van der Waals surface area contributed by atoms with Gasteiger partial charge < -0.3 is 10.2 Å². The van der Waals surface area contributed by atoms with Gasteiger partial charge in [-0.25, -0.2) is 4.39 Å². The molecule has 0 saturated carbocycles. The fourth-order valence-corrected chi connectivity index (χ4v) is 3.61. The molecular formula is C15H22FIN2. The van der Waals surface area contributed by atoms with Crippen molar-refractivity contribution in [1.82, 2.24) is 5.32 Å². The van der Waals surface area contributed by atoms with E-state index in [2.05, 4.69) is 46.7 Å². The first-order valence-electron chi connectivity index (χ1n) is 7.05. The summed E-state index contributed by atoms with van der Waals surface area (Å²) < 4.78 is 14.2.